The lowest BCUT2D eigenvalue weighted by molar-refractivity contribution is 0.102. The van der Waals surface area contributed by atoms with Crippen molar-refractivity contribution in [1.29, 1.82) is 0 Å². The summed E-state index contributed by atoms with van der Waals surface area (Å²) in [7, 11) is 1.59. The van der Waals surface area contributed by atoms with Gasteiger partial charge in [-0.15, -0.1) is 10.2 Å². The molecule has 0 saturated carbocycles. The Kier molecular flexibility index (Phi) is 5.50. The van der Waals surface area contributed by atoms with Crippen molar-refractivity contribution < 1.29 is 9.53 Å². The number of thioether (sulfide) groups is 1. The van der Waals surface area contributed by atoms with E-state index >= 15 is 0 Å². The normalized spacial score (nSPS) is 10.6. The third-order valence-corrected chi connectivity index (χ3v) is 4.68. The van der Waals surface area contributed by atoms with Crippen molar-refractivity contribution in [2.75, 3.05) is 12.9 Å². The summed E-state index contributed by atoms with van der Waals surface area (Å²) in [5.74, 6) is 1.88. The molecular weight excluding hydrogens is 334 g/mol. The fourth-order valence-electron chi connectivity index (χ4n) is 2.47. The van der Waals surface area contributed by atoms with Crippen molar-refractivity contribution in [3.05, 3.63) is 66.0 Å². The SMILES string of the molecule is CCc1nnc(SCC(=O)c2cccc(OC)c2)n1-c1ccccc1. The smallest absolute Gasteiger partial charge is 0.196 e. The highest BCUT2D eigenvalue weighted by Crippen LogP contribution is 2.23. The number of nitrogens with zero attached hydrogens (tertiary/aromatic N) is 3. The first-order chi connectivity index (χ1) is 12.2. The zero-order valence-electron chi connectivity index (χ0n) is 14.2. The summed E-state index contributed by atoms with van der Waals surface area (Å²) >= 11 is 1.39. The van der Waals surface area contributed by atoms with E-state index in [-0.39, 0.29) is 5.78 Å². The highest BCUT2D eigenvalue weighted by atomic mass is 32.2. The van der Waals surface area contributed by atoms with Crippen molar-refractivity contribution in [2.45, 2.75) is 18.5 Å². The van der Waals surface area contributed by atoms with Gasteiger partial charge in [0, 0.05) is 17.7 Å². The summed E-state index contributed by atoms with van der Waals surface area (Å²) in [6.07, 6.45) is 0.770. The molecule has 0 saturated heterocycles. The molecule has 0 aliphatic carbocycles. The summed E-state index contributed by atoms with van der Waals surface area (Å²) in [5, 5.41) is 9.23. The van der Waals surface area contributed by atoms with Gasteiger partial charge in [0.1, 0.15) is 11.6 Å². The van der Waals surface area contributed by atoms with E-state index in [1.165, 1.54) is 11.8 Å². The van der Waals surface area contributed by atoms with Crippen LogP contribution in [0.1, 0.15) is 23.1 Å². The maximum Gasteiger partial charge on any atom is 0.196 e. The van der Waals surface area contributed by atoms with Gasteiger partial charge in [-0.3, -0.25) is 9.36 Å². The third kappa shape index (κ3) is 3.91. The summed E-state index contributed by atoms with van der Waals surface area (Å²) in [6, 6.07) is 17.1. The predicted molar refractivity (Wildman–Crippen MR) is 98.8 cm³/mol. The maximum absolute atomic E-state index is 12.5. The number of ketones is 1. The number of aryl methyl sites for hydroxylation is 1. The second kappa shape index (κ2) is 7.98. The van der Waals surface area contributed by atoms with E-state index in [1.54, 1.807) is 19.2 Å². The van der Waals surface area contributed by atoms with Gasteiger partial charge in [-0.25, -0.2) is 0 Å². The van der Waals surface area contributed by atoms with E-state index in [1.807, 2.05) is 54.0 Å². The van der Waals surface area contributed by atoms with Crippen molar-refractivity contribution in [3.8, 4) is 11.4 Å². The number of Topliss-reactive ketones (excluding diaryl/α,β-unsaturated/α-hetero) is 1. The molecule has 0 amide bonds. The number of benzene rings is 2. The van der Waals surface area contributed by atoms with E-state index in [2.05, 4.69) is 10.2 Å². The third-order valence-electron chi connectivity index (χ3n) is 3.76. The molecule has 0 aliphatic heterocycles. The Morgan fingerprint density at radius 3 is 2.64 bits per heavy atom. The molecule has 1 aromatic heterocycles. The monoisotopic (exact) mass is 353 g/mol. The van der Waals surface area contributed by atoms with Crippen LogP contribution in [0.5, 0.6) is 5.75 Å². The molecule has 0 bridgehead atoms. The van der Waals surface area contributed by atoms with Crippen LogP contribution >= 0.6 is 11.8 Å². The number of para-hydroxylation sites is 1. The van der Waals surface area contributed by atoms with E-state index in [4.69, 9.17) is 4.74 Å². The first-order valence-electron chi connectivity index (χ1n) is 8.02. The van der Waals surface area contributed by atoms with E-state index < -0.39 is 0 Å². The van der Waals surface area contributed by atoms with Gasteiger partial charge < -0.3 is 4.74 Å². The van der Waals surface area contributed by atoms with Gasteiger partial charge in [0.2, 0.25) is 0 Å². The van der Waals surface area contributed by atoms with Crippen molar-refractivity contribution in [3.63, 3.8) is 0 Å². The highest BCUT2D eigenvalue weighted by Gasteiger charge is 2.15. The van der Waals surface area contributed by atoms with Crippen molar-refractivity contribution >= 4 is 17.5 Å². The van der Waals surface area contributed by atoms with Crippen LogP contribution in [0, 0.1) is 0 Å². The van der Waals surface area contributed by atoms with Crippen LogP contribution in [0.4, 0.5) is 0 Å². The quantitative estimate of drug-likeness (QED) is 0.477. The molecule has 3 rings (SSSR count). The molecule has 0 atom stereocenters. The minimum Gasteiger partial charge on any atom is -0.497 e. The van der Waals surface area contributed by atoms with Crippen LogP contribution in [-0.4, -0.2) is 33.4 Å². The average molecular weight is 353 g/mol. The first kappa shape index (κ1) is 17.2. The summed E-state index contributed by atoms with van der Waals surface area (Å²) in [6.45, 7) is 2.04. The predicted octanol–water partition coefficient (Wildman–Crippen LogP) is 3.81. The number of hydrogen-bond donors (Lipinski definition) is 0. The van der Waals surface area contributed by atoms with Gasteiger partial charge in [-0.2, -0.15) is 0 Å². The summed E-state index contributed by atoms with van der Waals surface area (Å²) in [4.78, 5) is 12.5. The van der Waals surface area contributed by atoms with Crippen LogP contribution in [-0.2, 0) is 6.42 Å². The maximum atomic E-state index is 12.5. The lowest BCUT2D eigenvalue weighted by Gasteiger charge is -2.09. The van der Waals surface area contributed by atoms with Crippen LogP contribution < -0.4 is 4.74 Å². The minimum absolute atomic E-state index is 0.0320. The summed E-state index contributed by atoms with van der Waals surface area (Å²) < 4.78 is 7.18. The lowest BCUT2D eigenvalue weighted by Crippen LogP contribution is -2.06. The van der Waals surface area contributed by atoms with E-state index in [9.17, 15) is 4.79 Å². The Bertz CT molecular complexity index is 862. The van der Waals surface area contributed by atoms with Crippen LogP contribution in [0.25, 0.3) is 5.69 Å². The molecule has 0 N–H and O–H groups in total. The number of methoxy groups -OCH3 is 1. The molecule has 0 spiro atoms. The lowest BCUT2D eigenvalue weighted by atomic mass is 10.1. The molecule has 5 nitrogen and oxygen atoms in total. The molecule has 128 valence electrons. The molecule has 6 heteroatoms. The Balaban J connectivity index is 1.79. The van der Waals surface area contributed by atoms with Gasteiger partial charge in [-0.1, -0.05) is 49.0 Å². The van der Waals surface area contributed by atoms with Gasteiger partial charge in [0.25, 0.3) is 0 Å². The molecule has 3 aromatic rings. The van der Waals surface area contributed by atoms with Crippen molar-refractivity contribution in [2.24, 2.45) is 0 Å². The van der Waals surface area contributed by atoms with Gasteiger partial charge >= 0.3 is 0 Å². The highest BCUT2D eigenvalue weighted by molar-refractivity contribution is 7.99. The largest absolute Gasteiger partial charge is 0.497 e. The Labute approximate surface area is 151 Å². The minimum atomic E-state index is 0.0320. The number of hydrogen-bond acceptors (Lipinski definition) is 5. The topological polar surface area (TPSA) is 57.0 Å². The fourth-order valence-corrected chi connectivity index (χ4v) is 3.33. The molecule has 0 radical (unpaired) electrons. The molecule has 0 unspecified atom stereocenters. The Morgan fingerprint density at radius 2 is 1.92 bits per heavy atom. The summed E-state index contributed by atoms with van der Waals surface area (Å²) in [5.41, 5.74) is 1.63. The zero-order valence-corrected chi connectivity index (χ0v) is 15.0. The number of carbonyl (C=O) groups excluding carboxylic acids is 1. The fraction of sp³-hybridized carbons (Fsp3) is 0.211. The average Bonchev–Trinajstić information content (AvgIpc) is 3.09. The number of rotatable bonds is 7. The molecule has 1 heterocycles. The Hall–Kier alpha value is -2.60. The van der Waals surface area contributed by atoms with E-state index in [0.29, 0.717) is 17.1 Å². The molecular formula is C19H19N3O2S. The molecule has 0 aliphatic rings. The number of aromatic nitrogens is 3. The number of carbonyl (C=O) groups is 1. The standard InChI is InChI=1S/C19H19N3O2S/c1-3-18-20-21-19(22(18)15-9-5-4-6-10-15)25-13-17(23)14-8-7-11-16(12-14)24-2/h4-12H,3,13H2,1-2H3. The second-order valence-corrected chi connectivity index (χ2v) is 6.31. The molecule has 0 fully saturated rings. The molecule has 2 aromatic carbocycles. The van der Waals surface area contributed by atoms with Crippen LogP contribution in [0.2, 0.25) is 0 Å². The Morgan fingerprint density at radius 1 is 1.12 bits per heavy atom. The zero-order chi connectivity index (χ0) is 17.6. The van der Waals surface area contributed by atoms with E-state index in [0.717, 1.165) is 23.1 Å². The van der Waals surface area contributed by atoms with Gasteiger partial charge in [0.15, 0.2) is 10.9 Å². The van der Waals surface area contributed by atoms with Gasteiger partial charge in [-0.05, 0) is 24.3 Å². The first-order valence-corrected chi connectivity index (χ1v) is 9.01. The van der Waals surface area contributed by atoms with Crippen LogP contribution in [0.3, 0.4) is 0 Å². The number of ether oxygens (including phenoxy) is 1. The molecule has 25 heavy (non-hydrogen) atoms. The van der Waals surface area contributed by atoms with Gasteiger partial charge in [0.05, 0.1) is 12.9 Å². The second-order valence-electron chi connectivity index (χ2n) is 5.37. The van der Waals surface area contributed by atoms with Crippen molar-refractivity contribution in [1.82, 2.24) is 14.8 Å². The van der Waals surface area contributed by atoms with Crippen LogP contribution in [0.15, 0.2) is 59.8 Å².